The summed E-state index contributed by atoms with van der Waals surface area (Å²) >= 11 is 0. The minimum Gasteiger partial charge on any atom is -0.480 e. The maximum absolute atomic E-state index is 12.4. The smallest absolute Gasteiger partial charge is 0.416 e. The molecule has 1 unspecified atom stereocenters. The molecule has 0 aliphatic heterocycles. The van der Waals surface area contributed by atoms with Gasteiger partial charge in [-0.05, 0) is 31.0 Å². The number of halogens is 3. The molecule has 7 heteroatoms. The van der Waals surface area contributed by atoms with Crippen molar-refractivity contribution in [3.8, 4) is 0 Å². The summed E-state index contributed by atoms with van der Waals surface area (Å²) in [5, 5.41) is 11.4. The molecule has 1 atom stereocenters. The van der Waals surface area contributed by atoms with Crippen LogP contribution in [0, 0.1) is 0 Å². The van der Waals surface area contributed by atoms with E-state index in [0.29, 0.717) is 5.56 Å². The molecule has 0 fully saturated rings. The van der Waals surface area contributed by atoms with Gasteiger partial charge in [0.25, 0.3) is 0 Å². The molecule has 0 saturated heterocycles. The van der Waals surface area contributed by atoms with Gasteiger partial charge in [0.2, 0.25) is 5.91 Å². The van der Waals surface area contributed by atoms with E-state index in [1.807, 2.05) is 0 Å². The number of hydrogen-bond acceptors (Lipinski definition) is 2. The molecule has 4 nitrogen and oxygen atoms in total. The number of rotatable bonds is 5. The summed E-state index contributed by atoms with van der Waals surface area (Å²) < 4.78 is 37.2. The van der Waals surface area contributed by atoms with Crippen molar-refractivity contribution >= 4 is 11.9 Å². The van der Waals surface area contributed by atoms with E-state index in [2.05, 4.69) is 5.32 Å². The Morgan fingerprint density at radius 3 is 2.10 bits per heavy atom. The summed E-state index contributed by atoms with van der Waals surface area (Å²) in [6.45, 7) is 2.99. The molecule has 1 rings (SSSR count). The first kappa shape index (κ1) is 17.0. The lowest BCUT2D eigenvalue weighted by molar-refractivity contribution is -0.147. The monoisotopic (exact) mass is 303 g/mol. The van der Waals surface area contributed by atoms with Crippen LogP contribution in [-0.2, 0) is 22.2 Å². The Morgan fingerprint density at radius 1 is 1.19 bits per heavy atom. The van der Waals surface area contributed by atoms with Crippen molar-refractivity contribution < 1.29 is 27.9 Å². The highest BCUT2D eigenvalue weighted by atomic mass is 19.4. The summed E-state index contributed by atoms with van der Waals surface area (Å²) in [5.41, 5.74) is -1.80. The standard InChI is InChI=1S/C14H16F3NO3/c1-3-13(2,12(20)21)18-11(19)8-9-4-6-10(7-5-9)14(15,16)17/h4-7H,3,8H2,1-2H3,(H,18,19)(H,20,21). The van der Waals surface area contributed by atoms with Crippen LogP contribution in [0.1, 0.15) is 31.4 Å². The van der Waals surface area contributed by atoms with Gasteiger partial charge in [-0.2, -0.15) is 13.2 Å². The van der Waals surface area contributed by atoms with Crippen LogP contribution in [0.25, 0.3) is 0 Å². The minimum atomic E-state index is -4.43. The van der Waals surface area contributed by atoms with Crippen molar-refractivity contribution in [2.45, 2.75) is 38.4 Å². The molecule has 0 aliphatic carbocycles. The van der Waals surface area contributed by atoms with Crippen molar-refractivity contribution in [1.29, 1.82) is 0 Å². The van der Waals surface area contributed by atoms with E-state index in [4.69, 9.17) is 5.11 Å². The molecular formula is C14H16F3NO3. The predicted molar refractivity (Wildman–Crippen MR) is 69.6 cm³/mol. The van der Waals surface area contributed by atoms with Gasteiger partial charge in [-0.15, -0.1) is 0 Å². The molecule has 0 bridgehead atoms. The molecule has 0 aromatic heterocycles. The van der Waals surface area contributed by atoms with Crippen molar-refractivity contribution in [3.05, 3.63) is 35.4 Å². The van der Waals surface area contributed by atoms with E-state index in [1.165, 1.54) is 19.1 Å². The van der Waals surface area contributed by atoms with Gasteiger partial charge in [-0.3, -0.25) is 4.79 Å². The maximum Gasteiger partial charge on any atom is 0.416 e. The Bertz CT molecular complexity index is 525. The highest BCUT2D eigenvalue weighted by molar-refractivity contribution is 5.87. The van der Waals surface area contributed by atoms with Crippen LogP contribution in [0.4, 0.5) is 13.2 Å². The molecule has 21 heavy (non-hydrogen) atoms. The number of carbonyl (C=O) groups is 2. The summed E-state index contributed by atoms with van der Waals surface area (Å²) in [6, 6.07) is 4.18. The van der Waals surface area contributed by atoms with E-state index < -0.39 is 29.2 Å². The number of carboxylic acid groups (broad SMARTS) is 1. The zero-order valence-electron chi connectivity index (χ0n) is 11.6. The van der Waals surface area contributed by atoms with E-state index >= 15 is 0 Å². The Morgan fingerprint density at radius 2 is 1.71 bits per heavy atom. The summed E-state index contributed by atoms with van der Waals surface area (Å²) in [7, 11) is 0. The van der Waals surface area contributed by atoms with Crippen LogP contribution in [0.15, 0.2) is 24.3 Å². The van der Waals surface area contributed by atoms with Gasteiger partial charge in [0.05, 0.1) is 12.0 Å². The maximum atomic E-state index is 12.4. The highest BCUT2D eigenvalue weighted by Gasteiger charge is 2.33. The minimum absolute atomic E-state index is 0.180. The van der Waals surface area contributed by atoms with Gasteiger partial charge in [0.15, 0.2) is 0 Å². The first-order valence-electron chi connectivity index (χ1n) is 6.29. The van der Waals surface area contributed by atoms with Crippen molar-refractivity contribution in [2.24, 2.45) is 0 Å². The average Bonchev–Trinajstić information content (AvgIpc) is 2.37. The average molecular weight is 303 g/mol. The van der Waals surface area contributed by atoms with E-state index in [9.17, 15) is 22.8 Å². The number of carboxylic acids is 1. The van der Waals surface area contributed by atoms with Crippen molar-refractivity contribution in [1.82, 2.24) is 5.32 Å². The third-order valence-electron chi connectivity index (χ3n) is 3.24. The summed E-state index contributed by atoms with van der Waals surface area (Å²) in [6.07, 6.45) is -4.41. The normalized spacial score (nSPS) is 14.3. The molecule has 0 heterocycles. The zero-order valence-corrected chi connectivity index (χ0v) is 11.6. The van der Waals surface area contributed by atoms with Crippen LogP contribution >= 0.6 is 0 Å². The van der Waals surface area contributed by atoms with Gasteiger partial charge in [0, 0.05) is 0 Å². The number of nitrogens with one attached hydrogen (secondary N) is 1. The SMILES string of the molecule is CCC(C)(NC(=O)Cc1ccc(C(F)(F)F)cc1)C(=O)O. The number of carbonyl (C=O) groups excluding carboxylic acids is 1. The van der Waals surface area contributed by atoms with Crippen LogP contribution in [0.5, 0.6) is 0 Å². The molecule has 0 spiro atoms. The van der Waals surface area contributed by atoms with Crippen molar-refractivity contribution in [2.75, 3.05) is 0 Å². The van der Waals surface area contributed by atoms with Crippen molar-refractivity contribution in [3.63, 3.8) is 0 Å². The second-order valence-corrected chi connectivity index (χ2v) is 4.91. The van der Waals surface area contributed by atoms with E-state index in [-0.39, 0.29) is 12.8 Å². The molecule has 116 valence electrons. The summed E-state index contributed by atoms with van der Waals surface area (Å²) in [4.78, 5) is 22.8. The number of aliphatic carboxylic acids is 1. The van der Waals surface area contributed by atoms with Gasteiger partial charge >= 0.3 is 12.1 Å². The Kier molecular flexibility index (Phi) is 4.98. The largest absolute Gasteiger partial charge is 0.480 e. The second-order valence-electron chi connectivity index (χ2n) is 4.91. The fourth-order valence-corrected chi connectivity index (χ4v) is 1.64. The van der Waals surface area contributed by atoms with Crippen LogP contribution < -0.4 is 5.32 Å². The number of hydrogen-bond donors (Lipinski definition) is 2. The Balaban J connectivity index is 2.74. The fourth-order valence-electron chi connectivity index (χ4n) is 1.64. The molecule has 0 saturated carbocycles. The summed E-state index contributed by atoms with van der Waals surface area (Å²) in [5.74, 6) is -1.72. The van der Waals surface area contributed by atoms with E-state index in [1.54, 1.807) is 6.92 Å². The molecule has 2 N–H and O–H groups in total. The van der Waals surface area contributed by atoms with Gasteiger partial charge in [-0.25, -0.2) is 4.79 Å². The molecule has 1 aromatic rings. The molecule has 0 radical (unpaired) electrons. The van der Waals surface area contributed by atoms with E-state index in [0.717, 1.165) is 12.1 Å². The first-order chi connectivity index (χ1) is 9.58. The lowest BCUT2D eigenvalue weighted by Gasteiger charge is -2.24. The molecular weight excluding hydrogens is 287 g/mol. The third kappa shape index (κ3) is 4.47. The molecule has 0 aliphatic rings. The van der Waals surface area contributed by atoms with Crippen LogP contribution in [0.3, 0.4) is 0 Å². The lowest BCUT2D eigenvalue weighted by Crippen LogP contribution is -2.52. The zero-order chi connectivity index (χ0) is 16.3. The number of benzene rings is 1. The fraction of sp³-hybridized carbons (Fsp3) is 0.429. The lowest BCUT2D eigenvalue weighted by atomic mass is 9.98. The second kappa shape index (κ2) is 6.15. The van der Waals surface area contributed by atoms with Crippen LogP contribution in [0.2, 0.25) is 0 Å². The van der Waals surface area contributed by atoms with Crippen LogP contribution in [-0.4, -0.2) is 22.5 Å². The highest BCUT2D eigenvalue weighted by Crippen LogP contribution is 2.29. The first-order valence-corrected chi connectivity index (χ1v) is 6.29. The third-order valence-corrected chi connectivity index (χ3v) is 3.24. The Hall–Kier alpha value is -2.05. The topological polar surface area (TPSA) is 66.4 Å². The Labute approximate surface area is 120 Å². The van der Waals surface area contributed by atoms with Gasteiger partial charge in [0.1, 0.15) is 5.54 Å². The quantitative estimate of drug-likeness (QED) is 0.878. The number of amides is 1. The van der Waals surface area contributed by atoms with Gasteiger partial charge in [-0.1, -0.05) is 19.1 Å². The molecule has 1 amide bonds. The molecule has 1 aromatic carbocycles. The van der Waals surface area contributed by atoms with Gasteiger partial charge < -0.3 is 10.4 Å². The number of alkyl halides is 3. The predicted octanol–water partition coefficient (Wildman–Crippen LogP) is 2.62.